The highest BCUT2D eigenvalue weighted by Crippen LogP contribution is 2.26. The highest BCUT2D eigenvalue weighted by molar-refractivity contribution is 5.76. The van der Waals surface area contributed by atoms with Gasteiger partial charge in [0, 0.05) is 57.4 Å². The number of carbonyl (C=O) groups is 1. The van der Waals surface area contributed by atoms with Crippen molar-refractivity contribution in [2.45, 2.75) is 39.5 Å². The lowest BCUT2D eigenvalue weighted by molar-refractivity contribution is -0.134. The molecular weight excluding hydrogens is 354 g/mol. The van der Waals surface area contributed by atoms with Crippen LogP contribution in [0.2, 0.25) is 0 Å². The van der Waals surface area contributed by atoms with Gasteiger partial charge < -0.3 is 14.7 Å². The van der Waals surface area contributed by atoms with Crippen molar-refractivity contribution in [1.82, 2.24) is 29.4 Å². The van der Waals surface area contributed by atoms with Gasteiger partial charge in [-0.2, -0.15) is 14.6 Å². The van der Waals surface area contributed by atoms with Gasteiger partial charge in [0.15, 0.2) is 0 Å². The smallest absolute Gasteiger partial charge is 0.254 e. The Morgan fingerprint density at radius 2 is 1.86 bits per heavy atom. The SMILES string of the molecule is CCc1cc(N2CCC(CC(=O)N3CCN(CC)CC3)CC2)n2ncnc2n1. The van der Waals surface area contributed by atoms with Crippen LogP contribution in [-0.4, -0.2) is 81.1 Å². The minimum absolute atomic E-state index is 0.338. The maximum Gasteiger partial charge on any atom is 0.254 e. The summed E-state index contributed by atoms with van der Waals surface area (Å²) in [6.07, 6.45) is 5.22. The molecule has 2 saturated heterocycles. The van der Waals surface area contributed by atoms with Crippen LogP contribution in [0, 0.1) is 5.92 Å². The zero-order chi connectivity index (χ0) is 19.5. The summed E-state index contributed by atoms with van der Waals surface area (Å²) in [7, 11) is 0. The van der Waals surface area contributed by atoms with E-state index in [0.29, 0.717) is 24.0 Å². The first-order chi connectivity index (χ1) is 13.7. The number of hydrogen-bond acceptors (Lipinski definition) is 6. The topological polar surface area (TPSA) is 69.9 Å². The first-order valence-corrected chi connectivity index (χ1v) is 10.6. The molecule has 2 aliphatic heterocycles. The van der Waals surface area contributed by atoms with Crippen molar-refractivity contribution >= 4 is 17.5 Å². The summed E-state index contributed by atoms with van der Waals surface area (Å²) in [4.78, 5) is 28.3. The van der Waals surface area contributed by atoms with E-state index in [9.17, 15) is 4.79 Å². The molecule has 0 N–H and O–H groups in total. The molecular formula is C20H31N7O. The lowest BCUT2D eigenvalue weighted by atomic mass is 9.93. The molecule has 2 aliphatic rings. The van der Waals surface area contributed by atoms with E-state index in [2.05, 4.69) is 49.7 Å². The summed E-state index contributed by atoms with van der Waals surface area (Å²) in [5.41, 5.74) is 1.04. The number of nitrogens with zero attached hydrogens (tertiary/aromatic N) is 7. The Bertz CT molecular complexity index is 804. The largest absolute Gasteiger partial charge is 0.356 e. The van der Waals surface area contributed by atoms with Crippen LogP contribution in [0.25, 0.3) is 5.78 Å². The summed E-state index contributed by atoms with van der Waals surface area (Å²) in [6.45, 7) is 11.1. The van der Waals surface area contributed by atoms with Crippen LogP contribution in [0.4, 0.5) is 5.82 Å². The third kappa shape index (κ3) is 3.97. The lowest BCUT2D eigenvalue weighted by Gasteiger charge is -2.36. The van der Waals surface area contributed by atoms with Crippen LogP contribution in [0.15, 0.2) is 12.4 Å². The second kappa shape index (κ2) is 8.43. The molecule has 0 radical (unpaired) electrons. The van der Waals surface area contributed by atoms with Crippen LogP contribution >= 0.6 is 0 Å². The summed E-state index contributed by atoms with van der Waals surface area (Å²) >= 11 is 0. The molecule has 1 amide bonds. The van der Waals surface area contributed by atoms with Gasteiger partial charge in [-0.3, -0.25) is 4.79 Å². The molecule has 0 bridgehead atoms. The highest BCUT2D eigenvalue weighted by atomic mass is 16.2. The van der Waals surface area contributed by atoms with Gasteiger partial charge in [-0.05, 0) is 31.7 Å². The van der Waals surface area contributed by atoms with Gasteiger partial charge >= 0.3 is 0 Å². The number of hydrogen-bond donors (Lipinski definition) is 0. The highest BCUT2D eigenvalue weighted by Gasteiger charge is 2.27. The molecule has 0 spiro atoms. The fourth-order valence-corrected chi connectivity index (χ4v) is 4.31. The number of amides is 1. The molecule has 0 unspecified atom stereocenters. The predicted molar refractivity (Wildman–Crippen MR) is 108 cm³/mol. The average molecular weight is 386 g/mol. The number of aryl methyl sites for hydroxylation is 1. The summed E-state index contributed by atoms with van der Waals surface area (Å²) < 4.78 is 1.83. The second-order valence-corrected chi connectivity index (χ2v) is 7.88. The number of piperazine rings is 1. The van der Waals surface area contributed by atoms with Gasteiger partial charge in [0.1, 0.15) is 12.1 Å². The Kier molecular flexibility index (Phi) is 5.75. The van der Waals surface area contributed by atoms with E-state index < -0.39 is 0 Å². The number of rotatable bonds is 5. The van der Waals surface area contributed by atoms with Gasteiger partial charge in [-0.15, -0.1) is 0 Å². The Hall–Kier alpha value is -2.22. The fraction of sp³-hybridized carbons (Fsp3) is 0.700. The summed E-state index contributed by atoms with van der Waals surface area (Å²) in [5, 5.41) is 4.35. The molecule has 4 heterocycles. The molecule has 28 heavy (non-hydrogen) atoms. The van der Waals surface area contributed by atoms with Gasteiger partial charge in [0.05, 0.1) is 0 Å². The van der Waals surface area contributed by atoms with Gasteiger partial charge in [0.2, 0.25) is 5.91 Å². The maximum absolute atomic E-state index is 12.7. The molecule has 2 aromatic heterocycles. The number of aromatic nitrogens is 4. The van der Waals surface area contributed by atoms with Gasteiger partial charge in [-0.1, -0.05) is 13.8 Å². The first kappa shape index (κ1) is 19.1. The molecule has 8 nitrogen and oxygen atoms in total. The molecule has 8 heteroatoms. The average Bonchev–Trinajstić information content (AvgIpc) is 3.22. The van der Waals surface area contributed by atoms with E-state index in [-0.39, 0.29) is 0 Å². The van der Waals surface area contributed by atoms with Crippen LogP contribution in [-0.2, 0) is 11.2 Å². The number of fused-ring (bicyclic) bond motifs is 1. The van der Waals surface area contributed by atoms with E-state index >= 15 is 0 Å². The maximum atomic E-state index is 12.7. The molecule has 0 aromatic carbocycles. The Morgan fingerprint density at radius 3 is 2.54 bits per heavy atom. The Morgan fingerprint density at radius 1 is 1.11 bits per heavy atom. The number of carbonyl (C=O) groups excluding carboxylic acids is 1. The minimum Gasteiger partial charge on any atom is -0.356 e. The van der Waals surface area contributed by atoms with Crippen molar-refractivity contribution in [1.29, 1.82) is 0 Å². The molecule has 2 fully saturated rings. The van der Waals surface area contributed by atoms with E-state index in [1.54, 1.807) is 6.33 Å². The van der Waals surface area contributed by atoms with Crippen LogP contribution in [0.3, 0.4) is 0 Å². The fourth-order valence-electron chi connectivity index (χ4n) is 4.31. The number of piperidine rings is 1. The molecule has 152 valence electrons. The zero-order valence-electron chi connectivity index (χ0n) is 17.0. The first-order valence-electron chi connectivity index (χ1n) is 10.6. The zero-order valence-corrected chi connectivity index (χ0v) is 17.0. The molecule has 0 saturated carbocycles. The normalized spacial score (nSPS) is 19.5. The standard InChI is InChI=1S/C20H31N7O/c1-3-17-14-18(27-20(23-17)21-15-22-27)25-7-5-16(6-8-25)13-19(28)26-11-9-24(4-2)10-12-26/h14-16H,3-13H2,1-2H3. The predicted octanol–water partition coefficient (Wildman–Crippen LogP) is 1.46. The van der Waals surface area contributed by atoms with Crippen molar-refractivity contribution in [3.63, 3.8) is 0 Å². The molecule has 0 aliphatic carbocycles. The van der Waals surface area contributed by atoms with Gasteiger partial charge in [0.25, 0.3) is 5.78 Å². The number of anilines is 1. The Labute approximate surface area is 166 Å². The Balaban J connectivity index is 1.34. The van der Waals surface area contributed by atoms with Gasteiger partial charge in [-0.25, -0.2) is 4.98 Å². The molecule has 2 aromatic rings. The van der Waals surface area contributed by atoms with E-state index in [4.69, 9.17) is 0 Å². The van der Waals surface area contributed by atoms with Crippen molar-refractivity contribution in [2.24, 2.45) is 5.92 Å². The molecule has 0 atom stereocenters. The van der Waals surface area contributed by atoms with Crippen LogP contribution < -0.4 is 4.90 Å². The van der Waals surface area contributed by atoms with Crippen LogP contribution in [0.1, 0.15) is 38.8 Å². The number of likely N-dealkylation sites (N-methyl/N-ethyl adjacent to an activating group) is 1. The van der Waals surface area contributed by atoms with Crippen LogP contribution in [0.5, 0.6) is 0 Å². The van der Waals surface area contributed by atoms with Crippen molar-refractivity contribution in [2.75, 3.05) is 50.7 Å². The summed E-state index contributed by atoms with van der Waals surface area (Å²) in [5.74, 6) is 2.55. The molecule has 4 rings (SSSR count). The van der Waals surface area contributed by atoms with Crippen molar-refractivity contribution < 1.29 is 4.79 Å². The van der Waals surface area contributed by atoms with Crippen molar-refractivity contribution in [3.8, 4) is 0 Å². The quantitative estimate of drug-likeness (QED) is 0.776. The second-order valence-electron chi connectivity index (χ2n) is 7.88. The lowest BCUT2D eigenvalue weighted by Crippen LogP contribution is -2.49. The minimum atomic E-state index is 0.338. The summed E-state index contributed by atoms with van der Waals surface area (Å²) in [6, 6.07) is 2.13. The van der Waals surface area contributed by atoms with Crippen molar-refractivity contribution in [3.05, 3.63) is 18.1 Å². The third-order valence-corrected chi connectivity index (χ3v) is 6.22. The van der Waals surface area contributed by atoms with E-state index in [1.807, 2.05) is 4.52 Å². The van der Waals surface area contributed by atoms with E-state index in [1.165, 1.54) is 0 Å². The van der Waals surface area contributed by atoms with E-state index in [0.717, 1.165) is 76.6 Å². The monoisotopic (exact) mass is 385 g/mol. The third-order valence-electron chi connectivity index (χ3n) is 6.22.